The highest BCUT2D eigenvalue weighted by Crippen LogP contribution is 2.19. The third-order valence-electron chi connectivity index (χ3n) is 3.21. The van der Waals surface area contributed by atoms with Crippen LogP contribution in [0.15, 0.2) is 35.3 Å². The van der Waals surface area contributed by atoms with Crippen LogP contribution in [0.5, 0.6) is 0 Å². The lowest BCUT2D eigenvalue weighted by atomic mass is 10.2. The van der Waals surface area contributed by atoms with Gasteiger partial charge in [-0.05, 0) is 38.7 Å². The van der Waals surface area contributed by atoms with E-state index in [2.05, 4.69) is 53.2 Å². The van der Waals surface area contributed by atoms with Gasteiger partial charge in [-0.2, -0.15) is 11.8 Å². The number of hydrogen-bond acceptors (Lipinski definition) is 3. The fourth-order valence-corrected chi connectivity index (χ4v) is 1.89. The molecule has 22 heavy (non-hydrogen) atoms. The zero-order valence-electron chi connectivity index (χ0n) is 14.0. The molecule has 1 aromatic carbocycles. The van der Waals surface area contributed by atoms with Crippen LogP contribution in [0.3, 0.4) is 0 Å². The number of nitrogens with zero attached hydrogens (tertiary/aromatic N) is 1. The van der Waals surface area contributed by atoms with Crippen LogP contribution in [0.1, 0.15) is 20.3 Å². The van der Waals surface area contributed by atoms with Gasteiger partial charge in [-0.15, -0.1) is 24.0 Å². The molecule has 0 atom stereocenters. The average Bonchev–Trinajstić information content (AvgIpc) is 2.51. The number of aliphatic imine (C=N–C) groups is 1. The van der Waals surface area contributed by atoms with E-state index in [0.717, 1.165) is 32.0 Å². The summed E-state index contributed by atoms with van der Waals surface area (Å²) in [6.45, 7) is 7.20. The Morgan fingerprint density at radius 2 is 1.82 bits per heavy atom. The van der Waals surface area contributed by atoms with Crippen molar-refractivity contribution in [3.05, 3.63) is 30.3 Å². The lowest BCUT2D eigenvalue weighted by Crippen LogP contribution is -2.43. The number of guanidine groups is 1. The molecule has 0 bridgehead atoms. The van der Waals surface area contributed by atoms with E-state index in [0.29, 0.717) is 0 Å². The second-order valence-electron chi connectivity index (χ2n) is 5.46. The first-order valence-electron chi connectivity index (χ1n) is 7.36. The van der Waals surface area contributed by atoms with E-state index in [1.807, 2.05) is 37.0 Å². The van der Waals surface area contributed by atoms with Crippen molar-refractivity contribution in [1.82, 2.24) is 10.6 Å². The van der Waals surface area contributed by atoms with Crippen molar-refractivity contribution in [2.24, 2.45) is 4.99 Å². The molecule has 1 rings (SSSR count). The Hall–Kier alpha value is -0.630. The molecular formula is C16H29IN4S. The van der Waals surface area contributed by atoms with E-state index in [1.54, 1.807) is 0 Å². The van der Waals surface area contributed by atoms with Crippen molar-refractivity contribution in [3.8, 4) is 0 Å². The predicted molar refractivity (Wildman–Crippen MR) is 112 cm³/mol. The van der Waals surface area contributed by atoms with E-state index in [1.165, 1.54) is 5.69 Å². The normalized spacial score (nSPS) is 11.5. The average molecular weight is 436 g/mol. The van der Waals surface area contributed by atoms with Crippen LogP contribution < -0.4 is 16.0 Å². The third-order valence-corrected chi connectivity index (χ3v) is 4.46. The van der Waals surface area contributed by atoms with Gasteiger partial charge in [0.25, 0.3) is 0 Å². The smallest absolute Gasteiger partial charge is 0.191 e. The SMILES string of the molecule is CN=C(NCCCNc1ccccc1)NCC(C)(C)SC.I. The second kappa shape index (κ2) is 11.9. The molecule has 0 saturated heterocycles. The molecule has 0 aliphatic carbocycles. The van der Waals surface area contributed by atoms with E-state index >= 15 is 0 Å². The van der Waals surface area contributed by atoms with Crippen LogP contribution in [0, 0.1) is 0 Å². The second-order valence-corrected chi connectivity index (χ2v) is 6.98. The minimum Gasteiger partial charge on any atom is -0.385 e. The first-order valence-corrected chi connectivity index (χ1v) is 8.58. The maximum atomic E-state index is 4.25. The van der Waals surface area contributed by atoms with Gasteiger partial charge in [-0.1, -0.05) is 18.2 Å². The predicted octanol–water partition coefficient (Wildman–Crippen LogP) is 3.41. The van der Waals surface area contributed by atoms with Crippen LogP contribution in [0.2, 0.25) is 0 Å². The molecule has 0 aliphatic heterocycles. The van der Waals surface area contributed by atoms with Crippen molar-refractivity contribution >= 4 is 47.4 Å². The maximum Gasteiger partial charge on any atom is 0.191 e. The molecule has 0 saturated carbocycles. The third kappa shape index (κ3) is 9.40. The minimum absolute atomic E-state index is 0. The van der Waals surface area contributed by atoms with E-state index < -0.39 is 0 Å². The molecule has 0 aromatic heterocycles. The van der Waals surface area contributed by atoms with Crippen molar-refractivity contribution in [1.29, 1.82) is 0 Å². The Bertz CT molecular complexity index is 423. The molecule has 1 aromatic rings. The molecule has 0 unspecified atom stereocenters. The molecule has 4 nitrogen and oxygen atoms in total. The highest BCUT2D eigenvalue weighted by molar-refractivity contribution is 14.0. The van der Waals surface area contributed by atoms with Crippen LogP contribution in [0.4, 0.5) is 5.69 Å². The largest absolute Gasteiger partial charge is 0.385 e. The quantitative estimate of drug-likeness (QED) is 0.253. The van der Waals surface area contributed by atoms with Gasteiger partial charge < -0.3 is 16.0 Å². The van der Waals surface area contributed by atoms with Crippen molar-refractivity contribution in [2.75, 3.05) is 38.3 Å². The van der Waals surface area contributed by atoms with Gasteiger partial charge in [0.05, 0.1) is 0 Å². The number of para-hydroxylation sites is 1. The van der Waals surface area contributed by atoms with E-state index in [-0.39, 0.29) is 28.7 Å². The zero-order valence-corrected chi connectivity index (χ0v) is 17.1. The summed E-state index contributed by atoms with van der Waals surface area (Å²) in [6, 6.07) is 10.3. The summed E-state index contributed by atoms with van der Waals surface area (Å²) < 4.78 is 0.215. The minimum atomic E-state index is 0. The Kier molecular flexibility index (Phi) is 11.5. The summed E-state index contributed by atoms with van der Waals surface area (Å²) in [5, 5.41) is 10.1. The molecular weight excluding hydrogens is 407 g/mol. The van der Waals surface area contributed by atoms with Crippen molar-refractivity contribution < 1.29 is 0 Å². The van der Waals surface area contributed by atoms with E-state index in [9.17, 15) is 0 Å². The highest BCUT2D eigenvalue weighted by atomic mass is 127. The molecule has 3 N–H and O–H groups in total. The van der Waals surface area contributed by atoms with Crippen LogP contribution in [-0.4, -0.2) is 43.6 Å². The summed E-state index contributed by atoms with van der Waals surface area (Å²) in [4.78, 5) is 4.25. The van der Waals surface area contributed by atoms with Crippen LogP contribution in [-0.2, 0) is 0 Å². The standard InChI is InChI=1S/C16H28N4S.HI/c1-16(2,21-4)13-20-15(17-3)19-12-8-11-18-14-9-6-5-7-10-14;/h5-7,9-10,18H,8,11-13H2,1-4H3,(H2,17,19,20);1H. The fourth-order valence-electron chi connectivity index (χ4n) is 1.67. The number of thioether (sulfide) groups is 1. The Morgan fingerprint density at radius 1 is 1.14 bits per heavy atom. The summed E-state index contributed by atoms with van der Waals surface area (Å²) >= 11 is 1.85. The topological polar surface area (TPSA) is 48.5 Å². The Morgan fingerprint density at radius 3 is 2.41 bits per heavy atom. The Balaban J connectivity index is 0.00000441. The van der Waals surface area contributed by atoms with Gasteiger partial charge in [-0.3, -0.25) is 4.99 Å². The first kappa shape index (κ1) is 21.4. The number of rotatable bonds is 8. The lowest BCUT2D eigenvalue weighted by molar-refractivity contribution is 0.661. The van der Waals surface area contributed by atoms with Gasteiger partial charge in [0.1, 0.15) is 0 Å². The van der Waals surface area contributed by atoms with Gasteiger partial charge in [0.2, 0.25) is 0 Å². The molecule has 6 heteroatoms. The molecule has 0 heterocycles. The first-order chi connectivity index (χ1) is 10.1. The van der Waals surface area contributed by atoms with Gasteiger partial charge >= 0.3 is 0 Å². The van der Waals surface area contributed by atoms with Gasteiger partial charge in [0.15, 0.2) is 5.96 Å². The van der Waals surface area contributed by atoms with Crippen molar-refractivity contribution in [2.45, 2.75) is 25.0 Å². The van der Waals surface area contributed by atoms with Gasteiger partial charge in [-0.25, -0.2) is 0 Å². The number of anilines is 1. The lowest BCUT2D eigenvalue weighted by Gasteiger charge is -2.23. The summed E-state index contributed by atoms with van der Waals surface area (Å²) in [5.41, 5.74) is 1.17. The monoisotopic (exact) mass is 436 g/mol. The highest BCUT2D eigenvalue weighted by Gasteiger charge is 2.15. The molecule has 0 spiro atoms. The molecule has 0 fully saturated rings. The fraction of sp³-hybridized carbons (Fsp3) is 0.562. The molecule has 0 amide bonds. The maximum absolute atomic E-state index is 4.25. The van der Waals surface area contributed by atoms with E-state index in [4.69, 9.17) is 0 Å². The summed E-state index contributed by atoms with van der Waals surface area (Å²) in [5.74, 6) is 0.872. The summed E-state index contributed by atoms with van der Waals surface area (Å²) in [6.07, 6.45) is 3.18. The number of nitrogens with one attached hydrogen (secondary N) is 3. The molecule has 0 aliphatic rings. The number of benzene rings is 1. The summed E-state index contributed by atoms with van der Waals surface area (Å²) in [7, 11) is 1.81. The number of hydrogen-bond donors (Lipinski definition) is 3. The zero-order chi connectivity index (χ0) is 15.6. The van der Waals surface area contributed by atoms with Crippen LogP contribution in [0.25, 0.3) is 0 Å². The molecule has 0 radical (unpaired) electrons. The Labute approximate surface area is 156 Å². The van der Waals surface area contributed by atoms with Gasteiger partial charge in [0, 0.05) is 37.1 Å². The van der Waals surface area contributed by atoms with Crippen molar-refractivity contribution in [3.63, 3.8) is 0 Å². The number of halogens is 1. The molecule has 126 valence electrons. The van der Waals surface area contributed by atoms with Crippen LogP contribution >= 0.6 is 35.7 Å².